The third-order valence-corrected chi connectivity index (χ3v) is 9.32. The lowest BCUT2D eigenvalue weighted by Crippen LogP contribution is -2.51. The van der Waals surface area contributed by atoms with E-state index in [4.69, 9.17) is 4.74 Å². The fraction of sp³-hybridized carbons (Fsp3) is 0.593. The van der Waals surface area contributed by atoms with Gasteiger partial charge in [0.1, 0.15) is 0 Å². The first-order valence-corrected chi connectivity index (χ1v) is 11.7. The van der Waals surface area contributed by atoms with E-state index in [0.717, 1.165) is 31.4 Å². The zero-order valence-corrected chi connectivity index (χ0v) is 18.9. The van der Waals surface area contributed by atoms with Crippen molar-refractivity contribution in [2.75, 3.05) is 19.5 Å². The number of anilines is 1. The van der Waals surface area contributed by atoms with Gasteiger partial charge in [-0.3, -0.25) is 4.79 Å². The van der Waals surface area contributed by atoms with Crippen LogP contribution in [0.3, 0.4) is 0 Å². The van der Waals surface area contributed by atoms with Crippen molar-refractivity contribution in [1.82, 2.24) is 0 Å². The highest BCUT2D eigenvalue weighted by molar-refractivity contribution is 5.93. The maximum Gasteiger partial charge on any atom is 0.156 e. The number of carbonyl (C=O) groups is 1. The highest BCUT2D eigenvalue weighted by Gasteiger charge is 2.61. The number of hydrogen-bond acceptors (Lipinski definition) is 3. The minimum atomic E-state index is -0.0598. The van der Waals surface area contributed by atoms with Crippen molar-refractivity contribution >= 4 is 11.5 Å². The van der Waals surface area contributed by atoms with E-state index in [-0.39, 0.29) is 11.0 Å². The third-order valence-electron chi connectivity index (χ3n) is 9.32. The summed E-state index contributed by atoms with van der Waals surface area (Å²) in [5, 5.41) is 3.25. The number of carbonyl (C=O) groups excluding carboxylic acids is 1. The highest BCUT2D eigenvalue weighted by Crippen LogP contribution is 2.67. The number of fused-ring (bicyclic) bond motifs is 4. The minimum absolute atomic E-state index is 0.0598. The van der Waals surface area contributed by atoms with Crippen LogP contribution in [0.2, 0.25) is 0 Å². The normalized spacial score (nSPS) is 37.9. The molecule has 1 N–H and O–H groups in total. The van der Waals surface area contributed by atoms with Crippen LogP contribution < -0.4 is 5.32 Å². The minimum Gasteiger partial charge on any atom is -0.388 e. The van der Waals surface area contributed by atoms with Gasteiger partial charge in [0.25, 0.3) is 0 Å². The molecule has 0 unspecified atom stereocenters. The van der Waals surface area contributed by atoms with E-state index in [0.29, 0.717) is 30.0 Å². The Hall–Kier alpha value is -1.87. The lowest BCUT2D eigenvalue weighted by atomic mass is 9.51. The smallest absolute Gasteiger partial charge is 0.156 e. The van der Waals surface area contributed by atoms with Gasteiger partial charge >= 0.3 is 0 Å². The highest BCUT2D eigenvalue weighted by atomic mass is 16.5. The van der Waals surface area contributed by atoms with Crippen molar-refractivity contribution in [3.8, 4) is 0 Å². The number of methoxy groups -OCH3 is 1. The monoisotopic (exact) mass is 405 g/mol. The largest absolute Gasteiger partial charge is 0.388 e. The van der Waals surface area contributed by atoms with Crippen LogP contribution in [0.15, 0.2) is 47.1 Å². The molecule has 3 nitrogen and oxygen atoms in total. The fourth-order valence-corrected chi connectivity index (χ4v) is 7.38. The lowest BCUT2D eigenvalue weighted by Gasteiger charge is -2.55. The molecule has 5 rings (SSSR count). The predicted octanol–water partition coefficient (Wildman–Crippen LogP) is 6.03. The lowest BCUT2D eigenvalue weighted by molar-refractivity contribution is -0.114. The summed E-state index contributed by atoms with van der Waals surface area (Å²) in [6, 6.07) is 9.04. The van der Waals surface area contributed by atoms with Gasteiger partial charge in [-0.2, -0.15) is 0 Å². The molecular weight excluding hydrogens is 370 g/mol. The molecule has 4 aliphatic carbocycles. The third kappa shape index (κ3) is 2.77. The molecule has 5 atom stereocenters. The summed E-state index contributed by atoms with van der Waals surface area (Å²) in [5.74, 6) is 2.03. The van der Waals surface area contributed by atoms with Crippen LogP contribution in [0.25, 0.3) is 0 Å². The summed E-state index contributed by atoms with van der Waals surface area (Å²) in [6.45, 7) is 4.85. The molecule has 0 aliphatic heterocycles. The first-order chi connectivity index (χ1) is 14.4. The van der Waals surface area contributed by atoms with E-state index < -0.39 is 0 Å². The number of hydrogen-bond donors (Lipinski definition) is 1. The molecule has 0 aromatic heterocycles. The molecule has 4 aliphatic rings. The summed E-state index contributed by atoms with van der Waals surface area (Å²) in [6.07, 6.45) is 9.37. The Balaban J connectivity index is 1.67. The van der Waals surface area contributed by atoms with Gasteiger partial charge in [-0.15, -0.1) is 0 Å². The summed E-state index contributed by atoms with van der Waals surface area (Å²) in [5.41, 5.74) is 7.23. The maximum absolute atomic E-state index is 12.1. The fourth-order valence-electron chi connectivity index (χ4n) is 7.38. The van der Waals surface area contributed by atoms with Gasteiger partial charge in [-0.05, 0) is 92.2 Å². The summed E-state index contributed by atoms with van der Waals surface area (Å²) in [4.78, 5) is 12.1. The zero-order valence-electron chi connectivity index (χ0n) is 18.9. The van der Waals surface area contributed by atoms with Crippen molar-refractivity contribution in [3.05, 3.63) is 52.6 Å². The molecule has 0 amide bonds. The Morgan fingerprint density at radius 2 is 1.83 bits per heavy atom. The van der Waals surface area contributed by atoms with Gasteiger partial charge in [-0.25, -0.2) is 0 Å². The molecule has 0 saturated heterocycles. The van der Waals surface area contributed by atoms with Gasteiger partial charge in [0.2, 0.25) is 0 Å². The second-order valence-corrected chi connectivity index (χ2v) is 10.3. The molecule has 1 aromatic carbocycles. The van der Waals surface area contributed by atoms with Crippen LogP contribution in [0.4, 0.5) is 5.69 Å². The van der Waals surface area contributed by atoms with E-state index in [1.165, 1.54) is 29.6 Å². The number of allylic oxidation sites excluding steroid dienone is 4. The second-order valence-electron chi connectivity index (χ2n) is 10.3. The van der Waals surface area contributed by atoms with Crippen LogP contribution in [0, 0.1) is 17.3 Å². The molecule has 2 fully saturated rings. The van der Waals surface area contributed by atoms with Crippen molar-refractivity contribution < 1.29 is 9.53 Å². The standard InChI is InChI=1S/C27H35NO2/c1-26-16-23(17-5-8-19(28-3)9-6-17)25-21-12-10-20(29)15-18(21)7-11-22(25)24(26)13-14-27(26,2)30-4/h5-6,8-9,15,22-24,28H,7,10-14,16H2,1-4H3/t22-,23+,24-,26-,27-/m0/s1. The topological polar surface area (TPSA) is 38.3 Å². The summed E-state index contributed by atoms with van der Waals surface area (Å²) >= 11 is 0. The van der Waals surface area contributed by atoms with Crippen LogP contribution in [0.1, 0.15) is 70.3 Å². The number of rotatable bonds is 3. The first kappa shape index (κ1) is 20.1. The average Bonchev–Trinajstić information content (AvgIpc) is 3.04. The van der Waals surface area contributed by atoms with E-state index in [9.17, 15) is 4.79 Å². The second kappa shape index (κ2) is 7.09. The average molecular weight is 406 g/mol. The Morgan fingerprint density at radius 3 is 2.53 bits per heavy atom. The molecule has 0 heterocycles. The first-order valence-electron chi connectivity index (χ1n) is 11.7. The molecule has 0 bridgehead atoms. The molecule has 1 aromatic rings. The van der Waals surface area contributed by atoms with Crippen molar-refractivity contribution in [2.45, 2.75) is 70.3 Å². The quantitative estimate of drug-likeness (QED) is 0.667. The number of benzene rings is 1. The predicted molar refractivity (Wildman–Crippen MR) is 122 cm³/mol. The Labute approximate surface area is 181 Å². The summed E-state index contributed by atoms with van der Waals surface area (Å²) in [7, 11) is 3.88. The van der Waals surface area contributed by atoms with Crippen LogP contribution in [-0.2, 0) is 9.53 Å². The van der Waals surface area contributed by atoms with E-state index in [1.807, 2.05) is 20.2 Å². The molecule has 2 saturated carbocycles. The van der Waals surface area contributed by atoms with Crippen LogP contribution >= 0.6 is 0 Å². The van der Waals surface area contributed by atoms with E-state index in [2.05, 4.69) is 43.4 Å². The zero-order chi connectivity index (χ0) is 21.1. The molecular formula is C27H35NO2. The van der Waals surface area contributed by atoms with Gasteiger partial charge in [0.15, 0.2) is 5.78 Å². The SMILES string of the molecule is CNc1ccc([C@H]2C[C@@]3(C)[C@@H](CC[C@]3(C)OC)[C@@H]3CCC4=CC(=O)CCC4=C32)cc1. The molecule has 0 spiro atoms. The summed E-state index contributed by atoms with van der Waals surface area (Å²) < 4.78 is 6.21. The number of ketones is 1. The van der Waals surface area contributed by atoms with Crippen molar-refractivity contribution in [2.24, 2.45) is 17.3 Å². The molecule has 0 radical (unpaired) electrons. The Bertz CT molecular complexity index is 927. The molecule has 3 heteroatoms. The Morgan fingerprint density at radius 1 is 1.07 bits per heavy atom. The van der Waals surface area contributed by atoms with E-state index >= 15 is 0 Å². The van der Waals surface area contributed by atoms with Crippen molar-refractivity contribution in [3.63, 3.8) is 0 Å². The van der Waals surface area contributed by atoms with Gasteiger partial charge in [0.05, 0.1) is 5.60 Å². The molecule has 160 valence electrons. The Kier molecular flexibility index (Phi) is 4.74. The number of nitrogens with one attached hydrogen (secondary N) is 1. The van der Waals surface area contributed by atoms with Gasteiger partial charge in [0, 0.05) is 37.6 Å². The van der Waals surface area contributed by atoms with E-state index in [1.54, 1.807) is 5.57 Å². The van der Waals surface area contributed by atoms with Gasteiger partial charge in [-0.1, -0.05) is 24.6 Å². The van der Waals surface area contributed by atoms with Gasteiger partial charge < -0.3 is 10.1 Å². The maximum atomic E-state index is 12.1. The molecule has 30 heavy (non-hydrogen) atoms. The number of ether oxygens (including phenoxy) is 1. The van der Waals surface area contributed by atoms with Crippen LogP contribution in [-0.4, -0.2) is 25.5 Å². The van der Waals surface area contributed by atoms with Crippen LogP contribution in [0.5, 0.6) is 0 Å². The van der Waals surface area contributed by atoms with Crippen molar-refractivity contribution in [1.29, 1.82) is 0 Å².